The maximum Gasteiger partial charge on any atom is 0.416 e. The van der Waals surface area contributed by atoms with E-state index in [-0.39, 0.29) is 11.1 Å². The number of carboxylic acids is 1. The molecule has 1 atom stereocenters. The number of halogens is 3. The Morgan fingerprint density at radius 3 is 2.57 bits per heavy atom. The van der Waals surface area contributed by atoms with Crippen LogP contribution >= 0.6 is 0 Å². The lowest BCUT2D eigenvalue weighted by Gasteiger charge is -2.42. The number of aromatic nitrogens is 2. The van der Waals surface area contributed by atoms with Gasteiger partial charge in [0.1, 0.15) is 6.33 Å². The van der Waals surface area contributed by atoms with Gasteiger partial charge >= 0.3 is 12.1 Å². The maximum absolute atomic E-state index is 13.2. The number of carbonyl (C=O) groups is 1. The minimum atomic E-state index is -4.45. The van der Waals surface area contributed by atoms with Gasteiger partial charge in [-0.05, 0) is 42.8 Å². The van der Waals surface area contributed by atoms with Crippen molar-refractivity contribution < 1.29 is 23.1 Å². The molecule has 0 bridgehead atoms. The van der Waals surface area contributed by atoms with Crippen LogP contribution in [0.15, 0.2) is 61.1 Å². The van der Waals surface area contributed by atoms with E-state index in [2.05, 4.69) is 9.97 Å². The summed E-state index contributed by atoms with van der Waals surface area (Å²) in [5.74, 6) is -0.705. The third-order valence-electron chi connectivity index (χ3n) is 5.00. The van der Waals surface area contributed by atoms with Gasteiger partial charge in [0.05, 0.1) is 29.2 Å². The third kappa shape index (κ3) is 3.42. The molecule has 0 amide bonds. The van der Waals surface area contributed by atoms with Crippen molar-refractivity contribution in [3.8, 4) is 0 Å². The monoisotopic (exact) mass is 414 g/mol. The molecule has 154 valence electrons. The van der Waals surface area contributed by atoms with Crippen LogP contribution in [0.2, 0.25) is 0 Å². The van der Waals surface area contributed by atoms with Crippen LogP contribution in [0.25, 0.3) is 10.9 Å². The summed E-state index contributed by atoms with van der Waals surface area (Å²) in [4.78, 5) is 20.1. The van der Waals surface area contributed by atoms with E-state index in [4.69, 9.17) is 0 Å². The molecule has 30 heavy (non-hydrogen) atoms. The Labute approximate surface area is 169 Å². The highest BCUT2D eigenvalue weighted by Crippen LogP contribution is 2.36. The molecule has 6 nitrogen and oxygen atoms in total. The average molecular weight is 414 g/mol. The van der Waals surface area contributed by atoms with E-state index in [9.17, 15) is 23.1 Å². The van der Waals surface area contributed by atoms with E-state index in [1.54, 1.807) is 36.3 Å². The zero-order chi connectivity index (χ0) is 21.5. The molecule has 0 spiro atoms. The fourth-order valence-corrected chi connectivity index (χ4v) is 3.43. The number of rotatable bonds is 5. The molecular weight excluding hydrogens is 397 g/mol. The van der Waals surface area contributed by atoms with Crippen LogP contribution in [-0.2, 0) is 6.18 Å². The topological polar surface area (TPSA) is 69.6 Å². The fraction of sp³-hybridized carbons (Fsp3) is 0.190. The number of nitrogens with zero attached hydrogens (tertiary/aromatic N) is 4. The van der Waals surface area contributed by atoms with Crippen LogP contribution in [-0.4, -0.2) is 32.6 Å². The molecule has 2 heterocycles. The van der Waals surface area contributed by atoms with Crippen molar-refractivity contribution >= 4 is 22.7 Å². The lowest BCUT2D eigenvalue weighted by Crippen LogP contribution is -2.45. The number of hydrogen-bond donors (Lipinski definition) is 1. The Hall–Kier alpha value is -3.62. The minimum absolute atomic E-state index is 0.0296. The van der Waals surface area contributed by atoms with E-state index >= 15 is 0 Å². The number of anilines is 1. The molecular formula is C21H17F3N4O2. The highest BCUT2D eigenvalue weighted by atomic mass is 19.4. The van der Waals surface area contributed by atoms with Gasteiger partial charge in [0.2, 0.25) is 0 Å². The number of benzene rings is 2. The summed E-state index contributed by atoms with van der Waals surface area (Å²) in [7, 11) is 0. The highest BCUT2D eigenvalue weighted by molar-refractivity contribution is 6.04. The number of alkyl halides is 3. The molecule has 0 aliphatic carbocycles. The third-order valence-corrected chi connectivity index (χ3v) is 5.00. The van der Waals surface area contributed by atoms with Crippen molar-refractivity contribution in [1.29, 1.82) is 0 Å². The number of carboxylic acid groups (broad SMARTS) is 1. The minimum Gasteiger partial charge on any atom is -0.478 e. The number of aromatic carboxylic acids is 1. The molecule has 9 heteroatoms. The Kier molecular flexibility index (Phi) is 4.81. The first-order valence-corrected chi connectivity index (χ1v) is 9.14. The predicted octanol–water partition coefficient (Wildman–Crippen LogP) is 4.66. The van der Waals surface area contributed by atoms with Crippen molar-refractivity contribution in [3.63, 3.8) is 0 Å². The lowest BCUT2D eigenvalue weighted by atomic mass is 10.0. The maximum atomic E-state index is 13.2. The molecule has 0 saturated carbocycles. The van der Waals surface area contributed by atoms with Crippen molar-refractivity contribution in [2.75, 3.05) is 11.6 Å². The van der Waals surface area contributed by atoms with Gasteiger partial charge < -0.3 is 5.11 Å². The smallest absolute Gasteiger partial charge is 0.416 e. The van der Waals surface area contributed by atoms with Crippen LogP contribution in [0.1, 0.15) is 34.5 Å². The molecule has 0 radical (unpaired) electrons. The van der Waals surface area contributed by atoms with E-state index < -0.39 is 23.8 Å². The van der Waals surface area contributed by atoms with Crippen LogP contribution in [0.4, 0.5) is 19.0 Å². The van der Waals surface area contributed by atoms with E-state index in [0.29, 0.717) is 23.3 Å². The second-order valence-corrected chi connectivity index (χ2v) is 6.85. The quantitative estimate of drug-likeness (QED) is 0.655. The van der Waals surface area contributed by atoms with Gasteiger partial charge in [-0.15, -0.1) is 0 Å². The summed E-state index contributed by atoms with van der Waals surface area (Å²) in [5.41, 5.74) is 0.0145. The molecule has 1 aliphatic heterocycles. The van der Waals surface area contributed by atoms with E-state index in [1.165, 1.54) is 18.5 Å². The van der Waals surface area contributed by atoms with Gasteiger partial charge in [0, 0.05) is 11.6 Å². The van der Waals surface area contributed by atoms with Crippen LogP contribution in [0, 0.1) is 0 Å². The molecule has 1 N–H and O–H groups in total. The van der Waals surface area contributed by atoms with Gasteiger partial charge in [0.15, 0.2) is 5.82 Å². The normalized spacial score (nSPS) is 14.5. The van der Waals surface area contributed by atoms with Gasteiger partial charge in [-0.3, -0.25) is 10.0 Å². The second kappa shape index (κ2) is 7.33. The van der Waals surface area contributed by atoms with Gasteiger partial charge in [0.25, 0.3) is 0 Å². The molecule has 0 saturated heterocycles. The molecule has 2 aromatic carbocycles. The first-order valence-electron chi connectivity index (χ1n) is 9.14. The van der Waals surface area contributed by atoms with Crippen LogP contribution < -0.4 is 5.01 Å². The number of fused-ring (bicyclic) bond motifs is 1. The first-order chi connectivity index (χ1) is 14.3. The summed E-state index contributed by atoms with van der Waals surface area (Å²) in [6.07, 6.45) is 0.506. The van der Waals surface area contributed by atoms with Crippen molar-refractivity contribution in [2.24, 2.45) is 0 Å². The van der Waals surface area contributed by atoms with E-state index in [1.807, 2.05) is 11.1 Å². The average Bonchev–Trinajstić information content (AvgIpc) is 2.68. The summed E-state index contributed by atoms with van der Waals surface area (Å²) in [6, 6.07) is 9.39. The van der Waals surface area contributed by atoms with Crippen LogP contribution in [0.5, 0.6) is 0 Å². The standard InChI is InChI=1S/C21H17F3N4O2/c1-13(14-5-2-6-15(11-14)21(22,23)24)28(27-9-4-10-27)19-16-7-3-8-17(20(29)30)18(16)25-12-26-19/h2-9,11-13H,10H2,1H3,(H,29,30). The van der Waals surface area contributed by atoms with Gasteiger partial charge in [-0.25, -0.2) is 14.8 Å². The summed E-state index contributed by atoms with van der Waals surface area (Å²) in [6.45, 7) is 2.32. The number of hydrogen-bond acceptors (Lipinski definition) is 5. The summed E-state index contributed by atoms with van der Waals surface area (Å²) < 4.78 is 39.6. The summed E-state index contributed by atoms with van der Waals surface area (Å²) in [5, 5.41) is 13.5. The van der Waals surface area contributed by atoms with Gasteiger partial charge in [-0.2, -0.15) is 13.2 Å². The van der Waals surface area contributed by atoms with E-state index in [0.717, 1.165) is 12.1 Å². The zero-order valence-electron chi connectivity index (χ0n) is 15.8. The summed E-state index contributed by atoms with van der Waals surface area (Å²) >= 11 is 0. The van der Waals surface area contributed by atoms with Gasteiger partial charge in [-0.1, -0.05) is 18.2 Å². The molecule has 0 fully saturated rings. The van der Waals surface area contributed by atoms with Crippen LogP contribution in [0.3, 0.4) is 0 Å². The number of para-hydroxylation sites is 1. The van der Waals surface area contributed by atoms with Crippen molar-refractivity contribution in [2.45, 2.75) is 19.1 Å². The fourth-order valence-electron chi connectivity index (χ4n) is 3.43. The second-order valence-electron chi connectivity index (χ2n) is 6.85. The molecule has 1 aromatic heterocycles. The Morgan fingerprint density at radius 2 is 1.93 bits per heavy atom. The molecule has 3 aromatic rings. The zero-order valence-corrected chi connectivity index (χ0v) is 15.8. The highest BCUT2D eigenvalue weighted by Gasteiger charge is 2.32. The largest absolute Gasteiger partial charge is 0.478 e. The Morgan fingerprint density at radius 1 is 1.20 bits per heavy atom. The molecule has 4 rings (SSSR count). The van der Waals surface area contributed by atoms with Crippen molar-refractivity contribution in [3.05, 3.63) is 77.8 Å². The Bertz CT molecular complexity index is 1150. The SMILES string of the molecule is CC(c1cccc(C(F)(F)F)c1)N(c1ncnc2c(C(=O)O)cccc12)N1C=CC1. The molecule has 1 unspecified atom stereocenters. The van der Waals surface area contributed by atoms with Crippen molar-refractivity contribution in [1.82, 2.24) is 15.0 Å². The predicted molar refractivity (Wildman–Crippen MR) is 105 cm³/mol. The Balaban J connectivity index is 1.85. The molecule has 1 aliphatic rings. The lowest BCUT2D eigenvalue weighted by molar-refractivity contribution is -0.137. The first kappa shape index (κ1) is 19.7. The number of hydrazine groups is 1.